The molecule has 1 amide bonds. The van der Waals surface area contributed by atoms with Gasteiger partial charge in [0.05, 0.1) is 11.5 Å². The number of ether oxygens (including phenoxy) is 1. The van der Waals surface area contributed by atoms with E-state index >= 15 is 0 Å². The summed E-state index contributed by atoms with van der Waals surface area (Å²) in [5.74, 6) is -0.201. The van der Waals surface area contributed by atoms with E-state index in [2.05, 4.69) is 12.2 Å². The fourth-order valence-electron chi connectivity index (χ4n) is 3.54. The molecule has 0 spiro atoms. The van der Waals surface area contributed by atoms with Gasteiger partial charge in [0.1, 0.15) is 6.04 Å². The van der Waals surface area contributed by atoms with Crippen molar-refractivity contribution in [3.05, 3.63) is 22.4 Å². The summed E-state index contributed by atoms with van der Waals surface area (Å²) in [6.45, 7) is 6.79. The van der Waals surface area contributed by atoms with E-state index < -0.39 is 6.04 Å². The number of rotatable bonds is 18. The summed E-state index contributed by atoms with van der Waals surface area (Å²) in [6.07, 6.45) is 16.0. The molecule has 1 N–H and O–H groups in total. The van der Waals surface area contributed by atoms with Crippen LogP contribution in [0.3, 0.4) is 0 Å². The van der Waals surface area contributed by atoms with E-state index in [-0.39, 0.29) is 11.9 Å². The van der Waals surface area contributed by atoms with Crippen LogP contribution in [0.15, 0.2) is 17.5 Å². The van der Waals surface area contributed by atoms with Gasteiger partial charge in [-0.3, -0.25) is 4.79 Å². The normalized spacial score (nSPS) is 12.1. The number of unbranched alkanes of at least 4 members (excludes halogenated alkanes) is 11. The van der Waals surface area contributed by atoms with Crippen molar-refractivity contribution in [3.63, 3.8) is 0 Å². The minimum atomic E-state index is -0.572. The average molecular weight is 438 g/mol. The number of amides is 1. The minimum absolute atomic E-state index is 0.196. The molecule has 0 aliphatic heterocycles. The van der Waals surface area contributed by atoms with E-state index in [9.17, 15) is 9.59 Å². The Bertz CT molecular complexity index is 557. The second kappa shape index (κ2) is 17.3. The number of nitrogens with one attached hydrogen (secondary N) is 1. The van der Waals surface area contributed by atoms with Gasteiger partial charge in [0.25, 0.3) is 5.91 Å². The summed E-state index contributed by atoms with van der Waals surface area (Å²) in [7, 11) is 0. The molecule has 1 rings (SSSR count). The molecule has 0 aromatic carbocycles. The molecule has 0 aliphatic carbocycles. The monoisotopic (exact) mass is 437 g/mol. The number of hydrogen-bond donors (Lipinski definition) is 1. The van der Waals surface area contributed by atoms with Gasteiger partial charge in [0.2, 0.25) is 0 Å². The van der Waals surface area contributed by atoms with Gasteiger partial charge in [0, 0.05) is 0 Å². The van der Waals surface area contributed by atoms with Crippen LogP contribution in [0.5, 0.6) is 0 Å². The Morgan fingerprint density at radius 1 is 0.933 bits per heavy atom. The third kappa shape index (κ3) is 13.0. The van der Waals surface area contributed by atoms with Gasteiger partial charge in [-0.25, -0.2) is 4.79 Å². The lowest BCUT2D eigenvalue weighted by atomic mass is 10.0. The summed E-state index contributed by atoms with van der Waals surface area (Å²) in [6, 6.07) is 3.03. The Labute approximate surface area is 188 Å². The van der Waals surface area contributed by atoms with Crippen molar-refractivity contribution in [1.29, 1.82) is 0 Å². The first-order chi connectivity index (χ1) is 14.5. The zero-order chi connectivity index (χ0) is 22.0. The second-order valence-electron chi connectivity index (χ2n) is 8.69. The van der Waals surface area contributed by atoms with Crippen LogP contribution in [0.4, 0.5) is 0 Å². The average Bonchev–Trinajstić information content (AvgIpc) is 3.25. The fourth-order valence-corrected chi connectivity index (χ4v) is 4.17. The molecule has 0 fully saturated rings. The van der Waals surface area contributed by atoms with Crippen molar-refractivity contribution in [1.82, 2.24) is 5.32 Å². The molecule has 5 heteroatoms. The van der Waals surface area contributed by atoms with Gasteiger partial charge in [-0.05, 0) is 30.2 Å². The van der Waals surface area contributed by atoms with Crippen molar-refractivity contribution < 1.29 is 14.3 Å². The molecule has 1 atom stereocenters. The maximum atomic E-state index is 12.5. The lowest BCUT2D eigenvalue weighted by Gasteiger charge is -2.19. The Hall–Kier alpha value is -1.36. The molecule has 4 nitrogen and oxygen atoms in total. The number of hydrogen-bond acceptors (Lipinski definition) is 4. The van der Waals surface area contributed by atoms with Crippen molar-refractivity contribution in [3.8, 4) is 0 Å². The molecule has 0 aliphatic rings. The molecule has 0 radical (unpaired) electrons. The summed E-state index contributed by atoms with van der Waals surface area (Å²) in [5.41, 5.74) is 0. The Balaban J connectivity index is 2.10. The van der Waals surface area contributed by atoms with Crippen LogP contribution in [0, 0.1) is 5.92 Å². The maximum absolute atomic E-state index is 12.5. The highest BCUT2D eigenvalue weighted by Gasteiger charge is 2.24. The molecule has 1 heterocycles. The Morgan fingerprint density at radius 2 is 1.50 bits per heavy atom. The number of thiophene rings is 1. The van der Waals surface area contributed by atoms with Crippen LogP contribution in [0.2, 0.25) is 0 Å². The lowest BCUT2D eigenvalue weighted by molar-refractivity contribution is -0.146. The van der Waals surface area contributed by atoms with Gasteiger partial charge in [-0.15, -0.1) is 11.3 Å². The quantitative estimate of drug-likeness (QED) is 0.196. The standard InChI is InChI=1S/C25H43NO3S/c1-4-5-6-7-8-9-10-11-12-13-14-15-18-29-25(28)22(20-21(2)3)26-24(27)23-17-16-19-30-23/h16-17,19,21-22H,4-15,18,20H2,1-3H3,(H,26,27). The largest absolute Gasteiger partial charge is 0.464 e. The van der Waals surface area contributed by atoms with Crippen LogP contribution in [0.1, 0.15) is 114 Å². The molecular weight excluding hydrogens is 394 g/mol. The minimum Gasteiger partial charge on any atom is -0.464 e. The maximum Gasteiger partial charge on any atom is 0.328 e. The molecule has 0 bridgehead atoms. The van der Waals surface area contributed by atoms with Crippen LogP contribution in [-0.2, 0) is 9.53 Å². The van der Waals surface area contributed by atoms with E-state index in [1.54, 1.807) is 6.07 Å². The van der Waals surface area contributed by atoms with Gasteiger partial charge >= 0.3 is 5.97 Å². The van der Waals surface area contributed by atoms with Crippen molar-refractivity contribution in [2.45, 2.75) is 110 Å². The van der Waals surface area contributed by atoms with E-state index in [4.69, 9.17) is 4.74 Å². The summed E-state index contributed by atoms with van der Waals surface area (Å²) in [4.78, 5) is 25.4. The van der Waals surface area contributed by atoms with Crippen molar-refractivity contribution in [2.24, 2.45) is 5.92 Å². The van der Waals surface area contributed by atoms with Crippen LogP contribution >= 0.6 is 11.3 Å². The van der Waals surface area contributed by atoms with Crippen LogP contribution in [0.25, 0.3) is 0 Å². The number of carbonyl (C=O) groups is 2. The van der Waals surface area contributed by atoms with E-state index in [0.717, 1.165) is 12.8 Å². The molecule has 1 aromatic heterocycles. The first-order valence-corrected chi connectivity index (χ1v) is 12.9. The second-order valence-corrected chi connectivity index (χ2v) is 9.64. The third-order valence-corrected chi connectivity index (χ3v) is 6.15. The molecule has 1 aromatic rings. The number of carbonyl (C=O) groups excluding carboxylic acids is 2. The van der Waals surface area contributed by atoms with Gasteiger partial charge in [-0.2, -0.15) is 0 Å². The summed E-state index contributed by atoms with van der Waals surface area (Å²) in [5, 5.41) is 4.70. The Morgan fingerprint density at radius 3 is 2.00 bits per heavy atom. The molecule has 0 saturated heterocycles. The SMILES string of the molecule is CCCCCCCCCCCCCCOC(=O)C(CC(C)C)NC(=O)c1cccs1. The third-order valence-electron chi connectivity index (χ3n) is 5.28. The molecule has 1 unspecified atom stereocenters. The van der Waals surface area contributed by atoms with E-state index in [0.29, 0.717) is 23.8 Å². The van der Waals surface area contributed by atoms with Gasteiger partial charge in [0.15, 0.2) is 0 Å². The van der Waals surface area contributed by atoms with E-state index in [1.807, 2.05) is 25.3 Å². The summed E-state index contributed by atoms with van der Waals surface area (Å²) < 4.78 is 5.46. The van der Waals surface area contributed by atoms with E-state index in [1.165, 1.54) is 75.5 Å². The van der Waals surface area contributed by atoms with Crippen LogP contribution < -0.4 is 5.32 Å². The highest BCUT2D eigenvalue weighted by Crippen LogP contribution is 2.13. The molecule has 0 saturated carbocycles. The smallest absolute Gasteiger partial charge is 0.328 e. The van der Waals surface area contributed by atoms with Gasteiger partial charge in [-0.1, -0.05) is 97.5 Å². The predicted octanol–water partition coefficient (Wildman–Crippen LogP) is 7.14. The molecule has 30 heavy (non-hydrogen) atoms. The zero-order valence-corrected chi connectivity index (χ0v) is 20.2. The van der Waals surface area contributed by atoms with Crippen molar-refractivity contribution >= 4 is 23.2 Å². The molecule has 172 valence electrons. The first kappa shape index (κ1) is 26.7. The fraction of sp³-hybridized carbons (Fsp3) is 0.760. The van der Waals surface area contributed by atoms with Crippen molar-refractivity contribution in [2.75, 3.05) is 6.61 Å². The highest BCUT2D eigenvalue weighted by atomic mass is 32.1. The predicted molar refractivity (Wildman–Crippen MR) is 127 cm³/mol. The lowest BCUT2D eigenvalue weighted by Crippen LogP contribution is -2.42. The zero-order valence-electron chi connectivity index (χ0n) is 19.4. The molecular formula is C25H43NO3S. The number of esters is 1. The highest BCUT2D eigenvalue weighted by molar-refractivity contribution is 7.12. The topological polar surface area (TPSA) is 55.4 Å². The van der Waals surface area contributed by atoms with Crippen LogP contribution in [-0.4, -0.2) is 24.5 Å². The summed E-state index contributed by atoms with van der Waals surface area (Å²) >= 11 is 1.38. The Kier molecular flexibility index (Phi) is 15.4. The van der Waals surface area contributed by atoms with Gasteiger partial charge < -0.3 is 10.1 Å². The first-order valence-electron chi connectivity index (χ1n) is 12.1.